The average molecular weight is 280 g/mol. The molecule has 0 amide bonds. The fraction of sp³-hybridized carbons (Fsp3) is 0.176. The number of oxime groups is 1. The van der Waals surface area contributed by atoms with Crippen LogP contribution >= 0.6 is 0 Å². The second kappa shape index (κ2) is 7.11. The van der Waals surface area contributed by atoms with Gasteiger partial charge in [0.15, 0.2) is 5.71 Å². The lowest BCUT2D eigenvalue weighted by atomic mass is 10.1. The van der Waals surface area contributed by atoms with Crippen LogP contribution in [0, 0.1) is 18.3 Å². The maximum absolute atomic E-state index is 9.05. The second-order valence-corrected chi connectivity index (χ2v) is 4.54. The number of aryl methyl sites for hydroxylation is 1. The molecule has 0 fully saturated rings. The van der Waals surface area contributed by atoms with Gasteiger partial charge in [-0.05, 0) is 36.2 Å². The number of rotatable bonds is 5. The van der Waals surface area contributed by atoms with Gasteiger partial charge in [-0.15, -0.1) is 0 Å². The lowest BCUT2D eigenvalue weighted by Gasteiger charge is -2.08. The Hall–Kier alpha value is -2.80. The van der Waals surface area contributed by atoms with Gasteiger partial charge in [-0.25, -0.2) is 0 Å². The van der Waals surface area contributed by atoms with Crippen LogP contribution in [0.4, 0.5) is 0 Å². The van der Waals surface area contributed by atoms with E-state index in [0.29, 0.717) is 12.2 Å². The summed E-state index contributed by atoms with van der Waals surface area (Å²) in [5.41, 5.74) is 3.08. The van der Waals surface area contributed by atoms with Gasteiger partial charge in [0.25, 0.3) is 0 Å². The summed E-state index contributed by atoms with van der Waals surface area (Å²) in [5, 5.41) is 12.7. The van der Waals surface area contributed by atoms with Crippen molar-refractivity contribution in [3.63, 3.8) is 0 Å². The van der Waals surface area contributed by atoms with Crippen LogP contribution < -0.4 is 4.74 Å². The average Bonchev–Trinajstić information content (AvgIpc) is 2.51. The van der Waals surface area contributed by atoms with Gasteiger partial charge in [-0.2, -0.15) is 5.26 Å². The molecule has 2 rings (SSSR count). The van der Waals surface area contributed by atoms with Crippen LogP contribution in [0.2, 0.25) is 0 Å². The molecule has 4 nitrogen and oxygen atoms in total. The van der Waals surface area contributed by atoms with Crippen molar-refractivity contribution in [2.24, 2.45) is 5.16 Å². The molecule has 0 heterocycles. The molecular weight excluding hydrogens is 264 g/mol. The minimum atomic E-state index is 0.245. The first-order chi connectivity index (χ1) is 10.2. The van der Waals surface area contributed by atoms with Crippen LogP contribution in [0.25, 0.3) is 0 Å². The molecule has 0 saturated carbocycles. The number of nitriles is 1. The summed E-state index contributed by atoms with van der Waals surface area (Å²) >= 11 is 0. The zero-order valence-electron chi connectivity index (χ0n) is 12.0. The van der Waals surface area contributed by atoms with Crippen molar-refractivity contribution < 1.29 is 9.57 Å². The fourth-order valence-corrected chi connectivity index (χ4v) is 1.91. The summed E-state index contributed by atoms with van der Waals surface area (Å²) in [7, 11) is 1.42. The third kappa shape index (κ3) is 4.08. The van der Waals surface area contributed by atoms with E-state index in [1.165, 1.54) is 7.11 Å². The molecular formula is C17H16N2O2. The van der Waals surface area contributed by atoms with E-state index in [0.717, 1.165) is 16.9 Å². The van der Waals surface area contributed by atoms with Gasteiger partial charge in [0.05, 0.1) is 0 Å². The molecule has 2 aromatic rings. The third-order valence-electron chi connectivity index (χ3n) is 2.88. The molecule has 106 valence electrons. The number of ether oxygens (including phenoxy) is 1. The molecule has 0 spiro atoms. The standard InChI is InChI=1S/C17H16N2O2/c1-13-5-3-8-16(9-13)21-12-14-6-4-7-15(10-14)17(11-18)19-20-2/h3-10H,12H2,1-2H3/b19-17-. The highest BCUT2D eigenvalue weighted by Crippen LogP contribution is 2.15. The van der Waals surface area contributed by atoms with Gasteiger partial charge in [0, 0.05) is 5.56 Å². The zero-order chi connectivity index (χ0) is 15.1. The quantitative estimate of drug-likeness (QED) is 0.622. The molecule has 0 radical (unpaired) electrons. The number of hydrogen-bond donors (Lipinski definition) is 0. The second-order valence-electron chi connectivity index (χ2n) is 4.54. The van der Waals surface area contributed by atoms with Gasteiger partial charge < -0.3 is 9.57 Å². The Labute approximate surface area is 124 Å². The molecule has 0 atom stereocenters. The van der Waals surface area contributed by atoms with Gasteiger partial charge >= 0.3 is 0 Å². The Morgan fingerprint density at radius 1 is 1.19 bits per heavy atom. The lowest BCUT2D eigenvalue weighted by molar-refractivity contribution is 0.214. The minimum Gasteiger partial charge on any atom is -0.489 e. The van der Waals surface area contributed by atoms with Gasteiger partial charge in [0.2, 0.25) is 0 Å². The maximum Gasteiger partial charge on any atom is 0.186 e. The summed E-state index contributed by atoms with van der Waals surface area (Å²) in [6.07, 6.45) is 0. The van der Waals surface area contributed by atoms with E-state index in [2.05, 4.69) is 9.99 Å². The lowest BCUT2D eigenvalue weighted by Crippen LogP contribution is -2.01. The van der Waals surface area contributed by atoms with Crippen molar-refractivity contribution in [1.82, 2.24) is 0 Å². The van der Waals surface area contributed by atoms with E-state index in [4.69, 9.17) is 10.00 Å². The maximum atomic E-state index is 9.05. The topological polar surface area (TPSA) is 54.6 Å². The SMILES string of the molecule is CO/N=C(/C#N)c1cccc(COc2cccc(C)c2)c1. The first-order valence-corrected chi connectivity index (χ1v) is 6.53. The molecule has 0 aromatic heterocycles. The molecule has 0 unspecified atom stereocenters. The first kappa shape index (κ1) is 14.6. The summed E-state index contributed by atoms with van der Waals surface area (Å²) in [6.45, 7) is 2.46. The normalized spacial score (nSPS) is 10.8. The molecule has 2 aromatic carbocycles. The Bertz CT molecular complexity index is 687. The fourth-order valence-electron chi connectivity index (χ4n) is 1.91. The summed E-state index contributed by atoms with van der Waals surface area (Å²) < 4.78 is 5.75. The Morgan fingerprint density at radius 2 is 2.00 bits per heavy atom. The van der Waals surface area contributed by atoms with Crippen LogP contribution in [0.5, 0.6) is 5.75 Å². The van der Waals surface area contributed by atoms with Crippen LogP contribution in [0.3, 0.4) is 0 Å². The van der Waals surface area contributed by atoms with E-state index >= 15 is 0 Å². The van der Waals surface area contributed by atoms with Crippen molar-refractivity contribution >= 4 is 5.71 Å². The number of benzene rings is 2. The van der Waals surface area contributed by atoms with Crippen molar-refractivity contribution in [2.75, 3.05) is 7.11 Å². The predicted octanol–water partition coefficient (Wildman–Crippen LogP) is 3.45. The highest BCUT2D eigenvalue weighted by atomic mass is 16.6. The smallest absolute Gasteiger partial charge is 0.186 e. The van der Waals surface area contributed by atoms with Crippen LogP contribution in [0.15, 0.2) is 53.7 Å². The summed E-state index contributed by atoms with van der Waals surface area (Å²) in [5.74, 6) is 0.825. The molecule has 4 heteroatoms. The highest BCUT2D eigenvalue weighted by molar-refractivity contribution is 6.11. The van der Waals surface area contributed by atoms with E-state index in [1.807, 2.05) is 61.5 Å². The molecule has 21 heavy (non-hydrogen) atoms. The van der Waals surface area contributed by atoms with E-state index in [9.17, 15) is 0 Å². The first-order valence-electron chi connectivity index (χ1n) is 6.53. The Morgan fingerprint density at radius 3 is 2.71 bits per heavy atom. The molecule has 0 bridgehead atoms. The van der Waals surface area contributed by atoms with Crippen LogP contribution in [-0.2, 0) is 11.4 Å². The molecule has 0 N–H and O–H groups in total. The third-order valence-corrected chi connectivity index (χ3v) is 2.88. The predicted molar refractivity (Wildman–Crippen MR) is 81.1 cm³/mol. The van der Waals surface area contributed by atoms with Crippen molar-refractivity contribution in [2.45, 2.75) is 13.5 Å². The number of nitrogens with zero attached hydrogens (tertiary/aromatic N) is 2. The van der Waals surface area contributed by atoms with Gasteiger partial charge in [0.1, 0.15) is 25.5 Å². The summed E-state index contributed by atoms with van der Waals surface area (Å²) in [4.78, 5) is 4.67. The molecule has 0 aliphatic heterocycles. The highest BCUT2D eigenvalue weighted by Gasteiger charge is 2.05. The molecule has 0 saturated heterocycles. The Kier molecular flexibility index (Phi) is 4.94. The van der Waals surface area contributed by atoms with Crippen molar-refractivity contribution in [3.05, 3.63) is 65.2 Å². The van der Waals surface area contributed by atoms with E-state index in [1.54, 1.807) is 0 Å². The monoisotopic (exact) mass is 280 g/mol. The summed E-state index contributed by atoms with van der Waals surface area (Å²) in [6, 6.07) is 17.4. The van der Waals surface area contributed by atoms with Crippen molar-refractivity contribution in [1.29, 1.82) is 5.26 Å². The number of hydrogen-bond acceptors (Lipinski definition) is 4. The van der Waals surface area contributed by atoms with Crippen molar-refractivity contribution in [3.8, 4) is 11.8 Å². The molecule has 0 aliphatic carbocycles. The van der Waals surface area contributed by atoms with E-state index in [-0.39, 0.29) is 5.71 Å². The largest absolute Gasteiger partial charge is 0.489 e. The minimum absolute atomic E-state index is 0.245. The van der Waals surface area contributed by atoms with Crippen LogP contribution in [0.1, 0.15) is 16.7 Å². The Balaban J connectivity index is 2.11. The van der Waals surface area contributed by atoms with Gasteiger partial charge in [-0.1, -0.05) is 35.5 Å². The van der Waals surface area contributed by atoms with E-state index < -0.39 is 0 Å². The van der Waals surface area contributed by atoms with Gasteiger partial charge in [-0.3, -0.25) is 0 Å². The van der Waals surface area contributed by atoms with Crippen LogP contribution in [-0.4, -0.2) is 12.8 Å². The molecule has 0 aliphatic rings. The zero-order valence-corrected chi connectivity index (χ0v) is 12.0.